The molecule has 0 atom stereocenters. The number of fused-ring (bicyclic) bond motifs is 1. The maximum Gasteiger partial charge on any atom is 0.324 e. The van der Waals surface area contributed by atoms with Crippen molar-refractivity contribution in [2.75, 3.05) is 36.0 Å². The van der Waals surface area contributed by atoms with Crippen LogP contribution in [-0.2, 0) is 6.54 Å². The lowest BCUT2D eigenvalue weighted by Crippen LogP contribution is -2.46. The van der Waals surface area contributed by atoms with Crippen LogP contribution in [0.25, 0.3) is 10.9 Å². The molecule has 0 amide bonds. The molecule has 0 unspecified atom stereocenters. The summed E-state index contributed by atoms with van der Waals surface area (Å²) in [6.45, 7) is 4.07. The number of alkyl halides is 2. The van der Waals surface area contributed by atoms with Gasteiger partial charge in [0.2, 0.25) is 0 Å². The van der Waals surface area contributed by atoms with E-state index < -0.39 is 18.5 Å². The summed E-state index contributed by atoms with van der Waals surface area (Å²) in [5, 5.41) is 4.14. The normalized spacial score (nSPS) is 15.1. The molecule has 3 heterocycles. The Hall–Kier alpha value is -3.04. The summed E-state index contributed by atoms with van der Waals surface area (Å²) in [5.41, 5.74) is 0.976. The first-order valence-electron chi connectivity index (χ1n) is 8.59. The largest absolute Gasteiger partial charge is 0.368 e. The van der Waals surface area contributed by atoms with E-state index in [9.17, 15) is 13.6 Å². The molecule has 142 valence electrons. The number of aromatic nitrogens is 4. The average Bonchev–Trinajstić information content (AvgIpc) is 3.10. The lowest BCUT2D eigenvalue weighted by molar-refractivity contribution is 0.125. The maximum atomic E-state index is 12.5. The number of piperazine rings is 1. The van der Waals surface area contributed by atoms with Crippen molar-refractivity contribution < 1.29 is 13.3 Å². The van der Waals surface area contributed by atoms with E-state index in [4.69, 9.17) is 4.52 Å². The molecule has 1 fully saturated rings. The van der Waals surface area contributed by atoms with Gasteiger partial charge in [-0.1, -0.05) is 5.16 Å². The molecule has 1 saturated heterocycles. The van der Waals surface area contributed by atoms with E-state index in [0.29, 0.717) is 22.7 Å². The number of halogens is 2. The molecule has 8 nitrogen and oxygen atoms in total. The quantitative estimate of drug-likeness (QED) is 0.685. The van der Waals surface area contributed by atoms with Gasteiger partial charge in [-0.25, -0.2) is 13.8 Å². The fourth-order valence-corrected chi connectivity index (χ4v) is 3.19. The van der Waals surface area contributed by atoms with Crippen molar-refractivity contribution in [1.82, 2.24) is 19.7 Å². The second kappa shape index (κ2) is 6.93. The number of aryl methyl sites for hydroxylation is 1. The molecule has 0 bridgehead atoms. The minimum absolute atomic E-state index is 0.335. The van der Waals surface area contributed by atoms with Gasteiger partial charge in [0, 0.05) is 31.9 Å². The van der Waals surface area contributed by atoms with E-state index in [0.717, 1.165) is 36.4 Å². The van der Waals surface area contributed by atoms with E-state index in [2.05, 4.69) is 20.0 Å². The van der Waals surface area contributed by atoms with Crippen LogP contribution in [0.1, 0.15) is 5.82 Å². The number of rotatable bonds is 4. The summed E-state index contributed by atoms with van der Waals surface area (Å²) < 4.78 is 31.2. The molecule has 3 aromatic rings. The molecule has 1 aliphatic rings. The van der Waals surface area contributed by atoms with Gasteiger partial charge in [0.25, 0.3) is 12.0 Å². The van der Waals surface area contributed by atoms with Crippen LogP contribution in [-0.4, -0.2) is 52.3 Å². The van der Waals surface area contributed by atoms with Crippen molar-refractivity contribution in [2.24, 2.45) is 0 Å². The van der Waals surface area contributed by atoms with Crippen LogP contribution in [0.3, 0.4) is 0 Å². The molecule has 10 heteroatoms. The fraction of sp³-hybridized carbons (Fsp3) is 0.412. The van der Waals surface area contributed by atoms with Gasteiger partial charge in [0.15, 0.2) is 5.82 Å². The molecular weight excluding hydrogens is 358 g/mol. The summed E-state index contributed by atoms with van der Waals surface area (Å²) in [6, 6.07) is 5.81. The Morgan fingerprint density at radius 1 is 1.19 bits per heavy atom. The molecule has 0 aliphatic carbocycles. The first kappa shape index (κ1) is 17.4. The third-order valence-corrected chi connectivity index (χ3v) is 4.58. The Morgan fingerprint density at radius 2 is 1.93 bits per heavy atom. The standard InChI is InChI=1S/C17H18F2N6O2/c1-11-21-17(27-22-11)24-6-4-23(5-7-24)12-2-3-13-14(8-12)20-10-25(16(13)26)9-15(18)19/h2-3,8,10,15H,4-7,9H2,1H3. The summed E-state index contributed by atoms with van der Waals surface area (Å²) in [5.74, 6) is 0.602. The third kappa shape index (κ3) is 3.46. The highest BCUT2D eigenvalue weighted by Gasteiger charge is 2.21. The first-order chi connectivity index (χ1) is 13.0. The van der Waals surface area contributed by atoms with Crippen LogP contribution in [0.15, 0.2) is 33.8 Å². The fourth-order valence-electron chi connectivity index (χ4n) is 3.19. The highest BCUT2D eigenvalue weighted by atomic mass is 19.3. The van der Waals surface area contributed by atoms with Crippen molar-refractivity contribution >= 4 is 22.6 Å². The van der Waals surface area contributed by atoms with Crippen LogP contribution < -0.4 is 15.4 Å². The zero-order valence-corrected chi connectivity index (χ0v) is 14.7. The van der Waals surface area contributed by atoms with E-state index in [1.165, 1.54) is 6.33 Å². The lowest BCUT2D eigenvalue weighted by Gasteiger charge is -2.35. The number of benzene rings is 1. The Labute approximate surface area is 153 Å². The number of hydrogen-bond acceptors (Lipinski definition) is 7. The Morgan fingerprint density at radius 3 is 2.59 bits per heavy atom. The van der Waals surface area contributed by atoms with Gasteiger partial charge in [0.1, 0.15) is 0 Å². The molecule has 0 N–H and O–H groups in total. The average molecular weight is 376 g/mol. The summed E-state index contributed by atoms with van der Waals surface area (Å²) in [6.07, 6.45) is -1.42. The van der Waals surface area contributed by atoms with E-state index in [1.807, 2.05) is 17.0 Å². The molecule has 2 aromatic heterocycles. The Kier molecular flexibility index (Phi) is 4.46. The highest BCUT2D eigenvalue weighted by molar-refractivity contribution is 5.81. The molecule has 1 aromatic carbocycles. The van der Waals surface area contributed by atoms with Gasteiger partial charge < -0.3 is 14.3 Å². The predicted octanol–water partition coefficient (Wildman–Crippen LogP) is 1.68. The van der Waals surface area contributed by atoms with E-state index in [1.54, 1.807) is 13.0 Å². The minimum Gasteiger partial charge on any atom is -0.368 e. The Balaban J connectivity index is 1.52. The van der Waals surface area contributed by atoms with Crippen molar-refractivity contribution in [3.05, 3.63) is 40.7 Å². The lowest BCUT2D eigenvalue weighted by atomic mass is 10.2. The van der Waals surface area contributed by atoms with Gasteiger partial charge in [-0.3, -0.25) is 9.36 Å². The second-order valence-corrected chi connectivity index (χ2v) is 6.39. The molecule has 0 spiro atoms. The van der Waals surface area contributed by atoms with Crippen molar-refractivity contribution in [3.8, 4) is 0 Å². The number of hydrogen-bond donors (Lipinski definition) is 0. The van der Waals surface area contributed by atoms with E-state index in [-0.39, 0.29) is 0 Å². The van der Waals surface area contributed by atoms with Crippen LogP contribution in [0.5, 0.6) is 0 Å². The maximum absolute atomic E-state index is 12.5. The van der Waals surface area contributed by atoms with Gasteiger partial charge >= 0.3 is 6.01 Å². The smallest absolute Gasteiger partial charge is 0.324 e. The number of nitrogens with zero attached hydrogens (tertiary/aromatic N) is 6. The molecule has 27 heavy (non-hydrogen) atoms. The second-order valence-electron chi connectivity index (χ2n) is 6.39. The summed E-state index contributed by atoms with van der Waals surface area (Å²) >= 11 is 0. The molecule has 0 saturated carbocycles. The topological polar surface area (TPSA) is 80.3 Å². The van der Waals surface area contributed by atoms with Crippen LogP contribution in [0, 0.1) is 6.92 Å². The molecule has 4 rings (SSSR count). The number of anilines is 2. The zero-order chi connectivity index (χ0) is 19.0. The van der Waals surface area contributed by atoms with Crippen LogP contribution in [0.4, 0.5) is 20.5 Å². The predicted molar refractivity (Wildman–Crippen MR) is 95.5 cm³/mol. The van der Waals surface area contributed by atoms with E-state index >= 15 is 0 Å². The minimum atomic E-state index is -2.60. The first-order valence-corrected chi connectivity index (χ1v) is 8.59. The van der Waals surface area contributed by atoms with Gasteiger partial charge in [-0.05, 0) is 25.1 Å². The third-order valence-electron chi connectivity index (χ3n) is 4.58. The Bertz CT molecular complexity index is 1010. The highest BCUT2D eigenvalue weighted by Crippen LogP contribution is 2.22. The van der Waals surface area contributed by atoms with Crippen molar-refractivity contribution in [1.29, 1.82) is 0 Å². The van der Waals surface area contributed by atoms with Gasteiger partial charge in [0.05, 0.1) is 23.8 Å². The molecule has 0 radical (unpaired) electrons. The molecular formula is C17H18F2N6O2. The SMILES string of the molecule is Cc1noc(N2CCN(c3ccc4c(=O)n(CC(F)F)cnc4c3)CC2)n1. The summed E-state index contributed by atoms with van der Waals surface area (Å²) in [7, 11) is 0. The molecule has 1 aliphatic heterocycles. The van der Waals surface area contributed by atoms with Gasteiger partial charge in [-0.15, -0.1) is 0 Å². The summed E-state index contributed by atoms with van der Waals surface area (Å²) in [4.78, 5) is 24.9. The van der Waals surface area contributed by atoms with Gasteiger partial charge in [-0.2, -0.15) is 4.98 Å². The van der Waals surface area contributed by atoms with Crippen LogP contribution >= 0.6 is 0 Å². The van der Waals surface area contributed by atoms with Crippen molar-refractivity contribution in [2.45, 2.75) is 19.9 Å². The zero-order valence-electron chi connectivity index (χ0n) is 14.7. The van der Waals surface area contributed by atoms with Crippen molar-refractivity contribution in [3.63, 3.8) is 0 Å². The monoisotopic (exact) mass is 376 g/mol. The van der Waals surface area contributed by atoms with Crippen LogP contribution in [0.2, 0.25) is 0 Å².